The largest absolute Gasteiger partial charge is 0.447 e. The van der Waals surface area contributed by atoms with Crippen molar-refractivity contribution in [2.45, 2.75) is 31.5 Å². The molecule has 20 heavy (non-hydrogen) atoms. The summed E-state index contributed by atoms with van der Waals surface area (Å²) in [6.07, 6.45) is 0.998. The summed E-state index contributed by atoms with van der Waals surface area (Å²) in [6.45, 7) is 3.34. The molecule has 0 amide bonds. The summed E-state index contributed by atoms with van der Waals surface area (Å²) in [6, 6.07) is 3.05. The first-order valence-electron chi connectivity index (χ1n) is 6.13. The quantitative estimate of drug-likeness (QED) is 0.575. The van der Waals surface area contributed by atoms with E-state index in [4.69, 9.17) is 4.42 Å². The number of hydrogen-bond donors (Lipinski definition) is 3. The van der Waals surface area contributed by atoms with Gasteiger partial charge in [0.05, 0.1) is 13.1 Å². The van der Waals surface area contributed by atoms with Gasteiger partial charge in [-0.15, -0.1) is 10.2 Å². The summed E-state index contributed by atoms with van der Waals surface area (Å²) < 4.78 is 31.5. The number of rotatable bonds is 8. The fourth-order valence-corrected chi connectivity index (χ4v) is 2.40. The summed E-state index contributed by atoms with van der Waals surface area (Å²) in [4.78, 5) is 0. The van der Waals surface area contributed by atoms with Crippen molar-refractivity contribution in [3.05, 3.63) is 23.7 Å². The van der Waals surface area contributed by atoms with E-state index in [2.05, 4.69) is 30.7 Å². The van der Waals surface area contributed by atoms with E-state index in [1.807, 2.05) is 6.92 Å². The van der Waals surface area contributed by atoms with Gasteiger partial charge in [0.1, 0.15) is 5.76 Å². The Morgan fingerprint density at radius 1 is 1.35 bits per heavy atom. The molecule has 0 aliphatic heterocycles. The lowest BCUT2D eigenvalue weighted by Crippen LogP contribution is -2.23. The second-order valence-electron chi connectivity index (χ2n) is 4.05. The Morgan fingerprint density at radius 2 is 2.20 bits per heavy atom. The third-order valence-corrected chi connectivity index (χ3v) is 3.71. The van der Waals surface area contributed by atoms with Crippen molar-refractivity contribution in [1.29, 1.82) is 0 Å². The summed E-state index contributed by atoms with van der Waals surface area (Å²) >= 11 is 0. The van der Waals surface area contributed by atoms with Crippen LogP contribution in [0.2, 0.25) is 0 Å². The molecule has 10 heteroatoms. The number of sulfonamides is 1. The van der Waals surface area contributed by atoms with Gasteiger partial charge in [0.15, 0.2) is 5.82 Å². The molecule has 2 aromatic heterocycles. The van der Waals surface area contributed by atoms with Gasteiger partial charge in [-0.25, -0.2) is 13.1 Å². The number of aromatic nitrogens is 4. The molecule has 0 bridgehead atoms. The van der Waals surface area contributed by atoms with Crippen LogP contribution >= 0.6 is 0 Å². The van der Waals surface area contributed by atoms with Gasteiger partial charge < -0.3 is 9.73 Å². The van der Waals surface area contributed by atoms with Crippen molar-refractivity contribution in [2.24, 2.45) is 0 Å². The Morgan fingerprint density at radius 3 is 2.90 bits per heavy atom. The summed E-state index contributed by atoms with van der Waals surface area (Å²) in [7, 11) is -3.71. The van der Waals surface area contributed by atoms with Gasteiger partial charge in [-0.2, -0.15) is 5.21 Å². The molecular weight excluding hydrogens is 284 g/mol. The molecule has 0 fully saturated rings. The lowest BCUT2D eigenvalue weighted by molar-refractivity contribution is 0.399. The van der Waals surface area contributed by atoms with Crippen LogP contribution in [0.25, 0.3) is 0 Å². The zero-order valence-electron chi connectivity index (χ0n) is 11.0. The predicted octanol–water partition coefficient (Wildman–Crippen LogP) is -0.229. The first-order chi connectivity index (χ1) is 9.62. The smallest absolute Gasteiger partial charge is 0.274 e. The molecule has 2 heterocycles. The molecule has 9 nitrogen and oxygen atoms in total. The van der Waals surface area contributed by atoms with Crippen molar-refractivity contribution >= 4 is 10.0 Å². The Bertz CT molecular complexity index is 621. The van der Waals surface area contributed by atoms with Crippen molar-refractivity contribution in [1.82, 2.24) is 30.7 Å². The number of aromatic amines is 1. The highest BCUT2D eigenvalue weighted by Gasteiger charge is 2.19. The highest BCUT2D eigenvalue weighted by atomic mass is 32.2. The van der Waals surface area contributed by atoms with Crippen LogP contribution < -0.4 is 10.0 Å². The van der Waals surface area contributed by atoms with E-state index in [0.29, 0.717) is 12.3 Å². The molecule has 3 N–H and O–H groups in total. The normalized spacial score (nSPS) is 11.8. The Labute approximate surface area is 116 Å². The maximum atomic E-state index is 12.0. The second-order valence-corrected chi connectivity index (χ2v) is 5.75. The summed E-state index contributed by atoms with van der Waals surface area (Å²) in [5, 5.41) is 15.9. The SMILES string of the molecule is CCCNCc1ccc(S(=O)(=O)NCc2nn[nH]n2)o1. The van der Waals surface area contributed by atoms with Crippen LogP contribution in [0, 0.1) is 0 Å². The van der Waals surface area contributed by atoms with Gasteiger partial charge >= 0.3 is 0 Å². The van der Waals surface area contributed by atoms with E-state index in [-0.39, 0.29) is 17.5 Å². The topological polar surface area (TPSA) is 126 Å². The molecule has 0 aliphatic carbocycles. The number of furan rings is 1. The Hall–Kier alpha value is -1.78. The molecule has 0 radical (unpaired) electrons. The number of hydrogen-bond acceptors (Lipinski definition) is 7. The first kappa shape index (κ1) is 14.6. The minimum absolute atomic E-state index is 0.0526. The highest BCUT2D eigenvalue weighted by molar-refractivity contribution is 7.89. The molecule has 0 unspecified atom stereocenters. The van der Waals surface area contributed by atoms with Crippen LogP contribution in [0.1, 0.15) is 24.9 Å². The van der Waals surface area contributed by atoms with Crippen molar-refractivity contribution in [3.8, 4) is 0 Å². The zero-order valence-corrected chi connectivity index (χ0v) is 11.8. The van der Waals surface area contributed by atoms with Gasteiger partial charge in [-0.05, 0) is 25.1 Å². The average molecular weight is 300 g/mol. The van der Waals surface area contributed by atoms with Gasteiger partial charge in [-0.3, -0.25) is 0 Å². The standard InChI is InChI=1S/C10H16N6O3S/c1-2-5-11-6-8-3-4-10(19-8)20(17,18)12-7-9-13-15-16-14-9/h3-4,11-12H,2,5-7H2,1H3,(H,13,14,15,16). The average Bonchev–Trinajstić information content (AvgIpc) is 3.08. The predicted molar refractivity (Wildman–Crippen MR) is 68.9 cm³/mol. The van der Waals surface area contributed by atoms with E-state index in [1.54, 1.807) is 6.07 Å². The van der Waals surface area contributed by atoms with Crippen LogP contribution in [0.3, 0.4) is 0 Å². The lowest BCUT2D eigenvalue weighted by atomic mass is 10.4. The maximum absolute atomic E-state index is 12.0. The minimum Gasteiger partial charge on any atom is -0.447 e. The van der Waals surface area contributed by atoms with Crippen LogP contribution in [0.5, 0.6) is 0 Å². The third-order valence-electron chi connectivity index (χ3n) is 2.44. The van der Waals surface area contributed by atoms with Gasteiger partial charge in [0.25, 0.3) is 10.0 Å². The molecular formula is C10H16N6O3S. The van der Waals surface area contributed by atoms with E-state index >= 15 is 0 Å². The fourth-order valence-electron chi connectivity index (χ4n) is 1.47. The van der Waals surface area contributed by atoms with Crippen LogP contribution in [0.15, 0.2) is 21.6 Å². The lowest BCUT2D eigenvalue weighted by Gasteiger charge is -2.02. The monoisotopic (exact) mass is 300 g/mol. The van der Waals surface area contributed by atoms with Crippen molar-refractivity contribution in [3.63, 3.8) is 0 Å². The third kappa shape index (κ3) is 3.85. The second kappa shape index (κ2) is 6.59. The molecule has 0 atom stereocenters. The summed E-state index contributed by atoms with van der Waals surface area (Å²) in [5.41, 5.74) is 0. The summed E-state index contributed by atoms with van der Waals surface area (Å²) in [5.74, 6) is 0.823. The van der Waals surface area contributed by atoms with Gasteiger partial charge in [-0.1, -0.05) is 12.1 Å². The van der Waals surface area contributed by atoms with Crippen LogP contribution in [-0.4, -0.2) is 35.6 Å². The molecule has 2 rings (SSSR count). The van der Waals surface area contributed by atoms with E-state index < -0.39 is 10.0 Å². The van der Waals surface area contributed by atoms with Crippen molar-refractivity contribution in [2.75, 3.05) is 6.54 Å². The number of nitrogens with zero attached hydrogens (tertiary/aromatic N) is 3. The molecule has 0 saturated carbocycles. The van der Waals surface area contributed by atoms with Gasteiger partial charge in [0, 0.05) is 0 Å². The molecule has 2 aromatic rings. The fraction of sp³-hybridized carbons (Fsp3) is 0.500. The van der Waals surface area contributed by atoms with E-state index in [1.165, 1.54) is 6.07 Å². The number of nitrogens with one attached hydrogen (secondary N) is 3. The molecule has 0 aromatic carbocycles. The highest BCUT2D eigenvalue weighted by Crippen LogP contribution is 2.13. The molecule has 110 valence electrons. The van der Waals surface area contributed by atoms with E-state index in [0.717, 1.165) is 13.0 Å². The zero-order chi connectivity index (χ0) is 14.4. The minimum atomic E-state index is -3.71. The van der Waals surface area contributed by atoms with Crippen LogP contribution in [-0.2, 0) is 23.1 Å². The first-order valence-corrected chi connectivity index (χ1v) is 7.61. The van der Waals surface area contributed by atoms with Gasteiger partial charge in [0.2, 0.25) is 5.09 Å². The molecule has 0 aliphatic rings. The molecule has 0 saturated heterocycles. The number of tetrazole rings is 1. The van der Waals surface area contributed by atoms with Crippen LogP contribution in [0.4, 0.5) is 0 Å². The van der Waals surface area contributed by atoms with Crippen molar-refractivity contribution < 1.29 is 12.8 Å². The van der Waals surface area contributed by atoms with E-state index in [9.17, 15) is 8.42 Å². The molecule has 0 spiro atoms. The Balaban J connectivity index is 1.95. The maximum Gasteiger partial charge on any atom is 0.274 e. The number of H-pyrrole nitrogens is 1. The Kier molecular flexibility index (Phi) is 4.82.